The average Bonchev–Trinajstić information content (AvgIpc) is 2.65. The third-order valence-corrected chi connectivity index (χ3v) is 4.14. The van der Waals surface area contributed by atoms with E-state index < -0.39 is 12.1 Å². The first kappa shape index (κ1) is 20.4. The van der Waals surface area contributed by atoms with Gasteiger partial charge in [-0.2, -0.15) is 0 Å². The summed E-state index contributed by atoms with van der Waals surface area (Å²) in [5, 5.41) is 2.52. The molecule has 2 aromatic rings. The van der Waals surface area contributed by atoms with E-state index in [1.54, 1.807) is 42.5 Å². The zero-order chi connectivity index (χ0) is 20.0. The number of hydrogen-bond acceptors (Lipinski definition) is 4. The number of Topliss-reactive ketones (excluding diaryl/α,β-unsaturated/α-hetero) is 1. The maximum Gasteiger partial charge on any atom is 0.326 e. The number of ether oxygens (including phenoxy) is 1. The van der Waals surface area contributed by atoms with Crippen LogP contribution in [0, 0.1) is 0 Å². The molecule has 0 unspecified atom stereocenters. The van der Waals surface area contributed by atoms with E-state index in [1.165, 1.54) is 6.92 Å². The van der Waals surface area contributed by atoms with Gasteiger partial charge in [-0.05, 0) is 30.0 Å². The van der Waals surface area contributed by atoms with Gasteiger partial charge in [0.2, 0.25) is 5.78 Å². The number of carbonyl (C=O) groups is 3. The Balaban J connectivity index is 1.86. The number of nitrogens with one attached hydrogen (secondary N) is 1. The van der Waals surface area contributed by atoms with Gasteiger partial charge in [0.25, 0.3) is 5.91 Å². The largest absolute Gasteiger partial charge is 0.453 e. The molecule has 0 aliphatic rings. The Morgan fingerprint density at radius 1 is 0.926 bits per heavy atom. The molecule has 0 bridgehead atoms. The Morgan fingerprint density at radius 3 is 2.07 bits per heavy atom. The number of hydrogen-bond donors (Lipinski definition) is 1. The molecule has 0 spiro atoms. The second kappa shape index (κ2) is 8.62. The van der Waals surface area contributed by atoms with Crippen molar-refractivity contribution in [2.45, 2.75) is 39.2 Å². The zero-order valence-corrected chi connectivity index (χ0v) is 16.1. The van der Waals surface area contributed by atoms with Crippen LogP contribution in [0.5, 0.6) is 0 Å². The van der Waals surface area contributed by atoms with Crippen LogP contribution in [0.2, 0.25) is 0 Å². The number of carbonyl (C=O) groups excluding carboxylic acids is 3. The summed E-state index contributed by atoms with van der Waals surface area (Å²) in [6, 6.07) is 15.9. The topological polar surface area (TPSA) is 72.5 Å². The summed E-state index contributed by atoms with van der Waals surface area (Å²) < 4.78 is 5.11. The molecule has 0 aliphatic heterocycles. The fourth-order valence-corrected chi connectivity index (χ4v) is 2.51. The minimum Gasteiger partial charge on any atom is -0.453 e. The van der Waals surface area contributed by atoms with Crippen molar-refractivity contribution in [3.8, 4) is 0 Å². The molecule has 0 heterocycles. The number of benzene rings is 2. The maximum absolute atomic E-state index is 12.2. The molecule has 27 heavy (non-hydrogen) atoms. The van der Waals surface area contributed by atoms with Gasteiger partial charge in [-0.25, -0.2) is 0 Å². The molecular weight excluding hydrogens is 342 g/mol. The van der Waals surface area contributed by atoms with Gasteiger partial charge < -0.3 is 10.1 Å². The van der Waals surface area contributed by atoms with Crippen LogP contribution in [0.3, 0.4) is 0 Å². The monoisotopic (exact) mass is 367 g/mol. The lowest BCUT2D eigenvalue weighted by atomic mass is 9.87. The molecular formula is C22H25NO4. The summed E-state index contributed by atoms with van der Waals surface area (Å²) in [6.07, 6.45) is -0.914. The van der Waals surface area contributed by atoms with Crippen molar-refractivity contribution in [3.63, 3.8) is 0 Å². The Labute approximate surface area is 159 Å². The zero-order valence-electron chi connectivity index (χ0n) is 16.1. The quantitative estimate of drug-likeness (QED) is 0.626. The van der Waals surface area contributed by atoms with Crippen LogP contribution in [0.25, 0.3) is 0 Å². The van der Waals surface area contributed by atoms with Crippen LogP contribution in [0.4, 0.5) is 0 Å². The van der Waals surface area contributed by atoms with Crippen molar-refractivity contribution in [1.29, 1.82) is 0 Å². The second-order valence-corrected chi connectivity index (χ2v) is 7.37. The smallest absolute Gasteiger partial charge is 0.326 e. The first-order valence-electron chi connectivity index (χ1n) is 8.86. The summed E-state index contributed by atoms with van der Waals surface area (Å²) in [5.41, 5.74) is 2.05. The van der Waals surface area contributed by atoms with Crippen LogP contribution in [0.1, 0.15) is 54.0 Å². The predicted molar refractivity (Wildman–Crippen MR) is 104 cm³/mol. The van der Waals surface area contributed by atoms with E-state index in [1.807, 2.05) is 12.1 Å². The molecule has 0 saturated heterocycles. The number of esters is 1. The molecule has 1 amide bonds. The molecule has 0 aliphatic carbocycles. The molecule has 1 N–H and O–H groups in total. The summed E-state index contributed by atoms with van der Waals surface area (Å²) in [6.45, 7) is 7.49. The van der Waals surface area contributed by atoms with E-state index in [2.05, 4.69) is 26.1 Å². The van der Waals surface area contributed by atoms with E-state index in [-0.39, 0.29) is 23.7 Å². The van der Waals surface area contributed by atoms with E-state index in [0.717, 1.165) is 5.56 Å². The standard InChI is InChI=1S/C22H25NO4/c1-15(20(25)16-8-6-5-7-9-16)27-19(24)14-23-21(26)17-10-12-18(13-11-17)22(2,3)4/h5-13,15H,14H2,1-4H3,(H,23,26)/t15-/m1/s1. The van der Waals surface area contributed by atoms with Crippen LogP contribution in [-0.4, -0.2) is 30.3 Å². The molecule has 0 radical (unpaired) electrons. The highest BCUT2D eigenvalue weighted by Crippen LogP contribution is 2.22. The van der Waals surface area contributed by atoms with E-state index in [4.69, 9.17) is 4.74 Å². The summed E-state index contributed by atoms with van der Waals surface area (Å²) in [7, 11) is 0. The van der Waals surface area contributed by atoms with Crippen molar-refractivity contribution in [1.82, 2.24) is 5.32 Å². The third-order valence-electron chi connectivity index (χ3n) is 4.14. The van der Waals surface area contributed by atoms with Gasteiger partial charge in [-0.1, -0.05) is 63.2 Å². The minimum absolute atomic E-state index is 0.000239. The molecule has 1 atom stereocenters. The van der Waals surface area contributed by atoms with Gasteiger partial charge in [0, 0.05) is 11.1 Å². The van der Waals surface area contributed by atoms with Crippen LogP contribution >= 0.6 is 0 Å². The number of amides is 1. The fraction of sp³-hybridized carbons (Fsp3) is 0.318. The van der Waals surface area contributed by atoms with E-state index in [0.29, 0.717) is 11.1 Å². The average molecular weight is 367 g/mol. The highest BCUT2D eigenvalue weighted by molar-refractivity contribution is 6.00. The van der Waals surface area contributed by atoms with Gasteiger partial charge in [0.05, 0.1) is 0 Å². The van der Waals surface area contributed by atoms with Gasteiger partial charge in [-0.3, -0.25) is 14.4 Å². The highest BCUT2D eigenvalue weighted by atomic mass is 16.5. The van der Waals surface area contributed by atoms with E-state index >= 15 is 0 Å². The number of rotatable bonds is 6. The summed E-state index contributed by atoms with van der Waals surface area (Å²) in [4.78, 5) is 36.3. The Morgan fingerprint density at radius 2 is 1.52 bits per heavy atom. The Kier molecular flexibility index (Phi) is 6.50. The first-order valence-corrected chi connectivity index (χ1v) is 8.86. The molecule has 0 fully saturated rings. The summed E-state index contributed by atoms with van der Waals surface area (Å²) >= 11 is 0. The Hall–Kier alpha value is -2.95. The molecule has 142 valence electrons. The second-order valence-electron chi connectivity index (χ2n) is 7.37. The molecule has 2 rings (SSSR count). The molecule has 0 aromatic heterocycles. The molecule has 0 saturated carbocycles. The molecule has 5 heteroatoms. The van der Waals surface area contributed by atoms with Crippen LogP contribution in [-0.2, 0) is 14.9 Å². The van der Waals surface area contributed by atoms with Gasteiger partial charge in [-0.15, -0.1) is 0 Å². The van der Waals surface area contributed by atoms with Gasteiger partial charge >= 0.3 is 5.97 Å². The van der Waals surface area contributed by atoms with Crippen molar-refractivity contribution in [2.24, 2.45) is 0 Å². The molecule has 2 aromatic carbocycles. The van der Waals surface area contributed by atoms with Crippen molar-refractivity contribution in [2.75, 3.05) is 6.54 Å². The minimum atomic E-state index is -0.914. The first-order chi connectivity index (χ1) is 12.7. The van der Waals surface area contributed by atoms with Crippen molar-refractivity contribution < 1.29 is 19.1 Å². The maximum atomic E-state index is 12.2. The highest BCUT2D eigenvalue weighted by Gasteiger charge is 2.20. The lowest BCUT2D eigenvalue weighted by Crippen LogP contribution is -2.34. The van der Waals surface area contributed by atoms with Crippen molar-refractivity contribution in [3.05, 3.63) is 71.3 Å². The van der Waals surface area contributed by atoms with Crippen LogP contribution in [0.15, 0.2) is 54.6 Å². The lowest BCUT2D eigenvalue weighted by Gasteiger charge is -2.19. The van der Waals surface area contributed by atoms with Gasteiger partial charge in [0.15, 0.2) is 6.10 Å². The Bertz CT molecular complexity index is 804. The summed E-state index contributed by atoms with van der Waals surface area (Å²) in [5.74, 6) is -1.31. The van der Waals surface area contributed by atoms with Crippen molar-refractivity contribution >= 4 is 17.7 Å². The molecule has 5 nitrogen and oxygen atoms in total. The van der Waals surface area contributed by atoms with E-state index in [9.17, 15) is 14.4 Å². The van der Waals surface area contributed by atoms with Crippen LogP contribution < -0.4 is 5.32 Å². The predicted octanol–water partition coefficient (Wildman–Crippen LogP) is 3.53. The van der Waals surface area contributed by atoms with Gasteiger partial charge in [0.1, 0.15) is 6.54 Å². The third kappa shape index (κ3) is 5.78. The number of ketones is 1. The fourth-order valence-electron chi connectivity index (χ4n) is 2.51. The lowest BCUT2D eigenvalue weighted by molar-refractivity contribution is -0.145. The SMILES string of the molecule is C[C@@H](OC(=O)CNC(=O)c1ccc(C(C)(C)C)cc1)C(=O)c1ccccc1. The normalized spacial score (nSPS) is 12.1.